The van der Waals surface area contributed by atoms with Gasteiger partial charge >= 0.3 is 0 Å². The molecular weight excluding hydrogens is 408 g/mol. The lowest BCUT2D eigenvalue weighted by Crippen LogP contribution is -2.54. The van der Waals surface area contributed by atoms with Gasteiger partial charge in [0, 0.05) is 23.9 Å². The molecule has 4 amide bonds. The molecule has 180 valence electrons. The maximum atomic E-state index is 13.3. The minimum Gasteiger partial charge on any atom is -0.368 e. The van der Waals surface area contributed by atoms with Crippen molar-refractivity contribution in [2.24, 2.45) is 28.4 Å². The van der Waals surface area contributed by atoms with Gasteiger partial charge in [-0.1, -0.05) is 34.1 Å². The molecule has 3 rings (SSSR count). The average molecular weight is 449 g/mol. The van der Waals surface area contributed by atoms with Crippen LogP contribution in [-0.2, 0) is 19.2 Å². The number of amides is 4. The molecule has 0 aromatic rings. The van der Waals surface area contributed by atoms with E-state index in [2.05, 4.69) is 10.6 Å². The first kappa shape index (κ1) is 24.5. The molecule has 0 aromatic heterocycles. The van der Waals surface area contributed by atoms with E-state index >= 15 is 0 Å². The number of hydrogen-bond acceptors (Lipinski definition) is 4. The predicted molar refractivity (Wildman–Crippen MR) is 121 cm³/mol. The van der Waals surface area contributed by atoms with E-state index in [9.17, 15) is 19.2 Å². The smallest absolute Gasteiger partial charge is 0.243 e. The Hall–Kier alpha value is -2.12. The summed E-state index contributed by atoms with van der Waals surface area (Å²) in [5.74, 6) is -1.76. The van der Waals surface area contributed by atoms with Crippen LogP contribution >= 0.6 is 0 Å². The minimum atomic E-state index is -0.943. The quantitative estimate of drug-likeness (QED) is 0.573. The fourth-order valence-electron chi connectivity index (χ4n) is 5.36. The minimum absolute atomic E-state index is 0.00680. The van der Waals surface area contributed by atoms with Crippen molar-refractivity contribution in [3.8, 4) is 0 Å². The third-order valence-corrected chi connectivity index (χ3v) is 7.95. The van der Waals surface area contributed by atoms with E-state index in [0.29, 0.717) is 19.4 Å². The maximum absolute atomic E-state index is 13.3. The number of nitrogens with two attached hydrogens (primary N) is 1. The highest BCUT2D eigenvalue weighted by molar-refractivity contribution is 5.93. The van der Waals surface area contributed by atoms with Crippen LogP contribution in [0.1, 0.15) is 80.1 Å². The summed E-state index contributed by atoms with van der Waals surface area (Å²) in [5.41, 5.74) is 5.04. The average Bonchev–Trinajstić information content (AvgIpc) is 3.16. The summed E-state index contributed by atoms with van der Waals surface area (Å²) < 4.78 is 0. The van der Waals surface area contributed by atoms with E-state index in [4.69, 9.17) is 5.73 Å². The van der Waals surface area contributed by atoms with Gasteiger partial charge in [-0.05, 0) is 56.8 Å². The molecule has 3 fully saturated rings. The van der Waals surface area contributed by atoms with E-state index in [1.807, 2.05) is 41.5 Å². The molecule has 32 heavy (non-hydrogen) atoms. The molecule has 8 nitrogen and oxygen atoms in total. The summed E-state index contributed by atoms with van der Waals surface area (Å²) in [7, 11) is 0. The monoisotopic (exact) mass is 448 g/mol. The van der Waals surface area contributed by atoms with Crippen LogP contribution < -0.4 is 16.4 Å². The molecule has 0 aromatic carbocycles. The van der Waals surface area contributed by atoms with Crippen LogP contribution in [0.2, 0.25) is 0 Å². The van der Waals surface area contributed by atoms with Crippen molar-refractivity contribution in [1.82, 2.24) is 15.5 Å². The molecule has 2 aliphatic heterocycles. The summed E-state index contributed by atoms with van der Waals surface area (Å²) in [6, 6.07) is -1.55. The van der Waals surface area contributed by atoms with Gasteiger partial charge in [0.1, 0.15) is 12.1 Å². The molecule has 1 saturated carbocycles. The van der Waals surface area contributed by atoms with Crippen molar-refractivity contribution < 1.29 is 19.2 Å². The zero-order valence-electron chi connectivity index (χ0n) is 20.4. The largest absolute Gasteiger partial charge is 0.368 e. The van der Waals surface area contributed by atoms with Crippen LogP contribution in [0, 0.1) is 22.7 Å². The number of carbonyl (C=O) groups is 4. The lowest BCUT2D eigenvalue weighted by atomic mass is 9.67. The third kappa shape index (κ3) is 4.94. The van der Waals surface area contributed by atoms with Crippen LogP contribution in [0.4, 0.5) is 0 Å². The normalized spacial score (nSPS) is 28.1. The van der Waals surface area contributed by atoms with Gasteiger partial charge in [-0.25, -0.2) is 0 Å². The van der Waals surface area contributed by atoms with Gasteiger partial charge in [-0.15, -0.1) is 0 Å². The molecule has 1 aliphatic carbocycles. The summed E-state index contributed by atoms with van der Waals surface area (Å²) in [6.45, 7) is 12.4. The maximum Gasteiger partial charge on any atom is 0.243 e. The number of primary amides is 1. The van der Waals surface area contributed by atoms with E-state index in [1.54, 1.807) is 4.90 Å². The van der Waals surface area contributed by atoms with Crippen LogP contribution in [0.5, 0.6) is 0 Å². The van der Waals surface area contributed by atoms with Crippen molar-refractivity contribution in [2.75, 3.05) is 6.54 Å². The first-order valence-electron chi connectivity index (χ1n) is 11.9. The molecule has 1 unspecified atom stereocenters. The van der Waals surface area contributed by atoms with Crippen molar-refractivity contribution in [2.45, 2.75) is 97.7 Å². The topological polar surface area (TPSA) is 122 Å². The Balaban J connectivity index is 1.74. The number of nitrogens with one attached hydrogen (secondary N) is 2. The Morgan fingerprint density at radius 1 is 1.22 bits per heavy atom. The van der Waals surface area contributed by atoms with Crippen LogP contribution in [0.25, 0.3) is 0 Å². The fourth-order valence-corrected chi connectivity index (χ4v) is 5.36. The third-order valence-electron chi connectivity index (χ3n) is 7.95. The zero-order valence-corrected chi connectivity index (χ0v) is 20.4. The molecule has 8 heteroatoms. The van der Waals surface area contributed by atoms with E-state index in [0.717, 1.165) is 19.3 Å². The Morgan fingerprint density at radius 2 is 1.84 bits per heavy atom. The summed E-state index contributed by atoms with van der Waals surface area (Å²) in [4.78, 5) is 52.9. The SMILES string of the molecule is C[C@H](C(=O)N1CC2(CCC2)CC1C(=O)N[C@@H](C[C@@H]1CC(C)(C)NC1=O)C(N)=O)C(C)(C)C. The summed E-state index contributed by atoms with van der Waals surface area (Å²) in [6.07, 6.45) is 4.50. The van der Waals surface area contributed by atoms with E-state index in [1.165, 1.54) is 0 Å². The Bertz CT molecular complexity index is 796. The van der Waals surface area contributed by atoms with Gasteiger partial charge in [0.05, 0.1) is 0 Å². The van der Waals surface area contributed by atoms with Gasteiger partial charge in [0.25, 0.3) is 0 Å². The second-order valence-corrected chi connectivity index (χ2v) is 12.1. The number of carbonyl (C=O) groups excluding carboxylic acids is 4. The number of hydrogen-bond donors (Lipinski definition) is 3. The van der Waals surface area contributed by atoms with E-state index in [-0.39, 0.29) is 52.3 Å². The second-order valence-electron chi connectivity index (χ2n) is 12.1. The first-order chi connectivity index (χ1) is 14.6. The van der Waals surface area contributed by atoms with Crippen molar-refractivity contribution in [1.29, 1.82) is 0 Å². The Kier molecular flexibility index (Phi) is 6.39. The lowest BCUT2D eigenvalue weighted by molar-refractivity contribution is -0.144. The number of nitrogens with zero attached hydrogens (tertiary/aromatic N) is 1. The lowest BCUT2D eigenvalue weighted by Gasteiger charge is -2.38. The standard InChI is InChI=1S/C24H40N4O4/c1-14(22(2,3)4)21(32)28-13-24(8-7-9-24)12-17(28)20(31)26-16(18(25)29)10-15-11-23(5,6)27-19(15)30/h14-17H,7-13H2,1-6H3,(H2,25,29)(H,26,31)(H,27,30)/t14-,15-,16+,17?/m1/s1. The molecule has 1 spiro atoms. The van der Waals surface area contributed by atoms with Crippen LogP contribution in [0.3, 0.4) is 0 Å². The first-order valence-corrected chi connectivity index (χ1v) is 11.9. The van der Waals surface area contributed by atoms with Gasteiger partial charge in [0.15, 0.2) is 0 Å². The summed E-state index contributed by atoms with van der Waals surface area (Å²) in [5, 5.41) is 5.71. The van der Waals surface area contributed by atoms with E-state index < -0.39 is 18.0 Å². The second kappa shape index (κ2) is 8.34. The highest BCUT2D eigenvalue weighted by Gasteiger charge is 2.53. The number of likely N-dealkylation sites (tertiary alicyclic amines) is 1. The number of rotatable bonds is 6. The van der Waals surface area contributed by atoms with Gasteiger partial charge in [0.2, 0.25) is 23.6 Å². The van der Waals surface area contributed by atoms with Crippen LogP contribution in [0.15, 0.2) is 0 Å². The Labute approximate surface area is 191 Å². The molecular formula is C24H40N4O4. The molecule has 4 N–H and O–H groups in total. The van der Waals surface area contributed by atoms with Crippen LogP contribution in [-0.4, -0.2) is 52.7 Å². The zero-order chi connectivity index (χ0) is 24.1. The predicted octanol–water partition coefficient (Wildman–Crippen LogP) is 1.71. The molecule has 2 heterocycles. The highest BCUT2D eigenvalue weighted by Crippen LogP contribution is 2.51. The molecule has 0 bridgehead atoms. The fraction of sp³-hybridized carbons (Fsp3) is 0.833. The van der Waals surface area contributed by atoms with Gasteiger partial charge in [-0.3, -0.25) is 19.2 Å². The van der Waals surface area contributed by atoms with Crippen molar-refractivity contribution in [3.63, 3.8) is 0 Å². The Morgan fingerprint density at radius 3 is 2.28 bits per heavy atom. The van der Waals surface area contributed by atoms with Gasteiger partial charge < -0.3 is 21.3 Å². The molecule has 4 atom stereocenters. The van der Waals surface area contributed by atoms with Crippen molar-refractivity contribution >= 4 is 23.6 Å². The summed E-state index contributed by atoms with van der Waals surface area (Å²) >= 11 is 0. The molecule has 0 radical (unpaired) electrons. The van der Waals surface area contributed by atoms with Gasteiger partial charge in [-0.2, -0.15) is 0 Å². The highest BCUT2D eigenvalue weighted by atomic mass is 16.2. The molecule has 2 saturated heterocycles. The molecule has 3 aliphatic rings. The van der Waals surface area contributed by atoms with Crippen molar-refractivity contribution in [3.05, 3.63) is 0 Å².